The van der Waals surface area contributed by atoms with Gasteiger partial charge in [-0.15, -0.1) is 0 Å². The Bertz CT molecular complexity index is 930. The molecule has 2 fully saturated rings. The minimum atomic E-state index is -0.561. The Labute approximate surface area is 178 Å². The van der Waals surface area contributed by atoms with Gasteiger partial charge in [-0.2, -0.15) is 0 Å². The number of nitrogens with zero attached hydrogens (tertiary/aromatic N) is 2. The van der Waals surface area contributed by atoms with Crippen LogP contribution in [0, 0.1) is 5.82 Å². The van der Waals surface area contributed by atoms with E-state index in [-0.39, 0.29) is 30.2 Å². The van der Waals surface area contributed by atoms with Crippen molar-refractivity contribution < 1.29 is 18.7 Å². The zero-order valence-electron chi connectivity index (χ0n) is 16.3. The van der Waals surface area contributed by atoms with E-state index in [0.717, 1.165) is 18.5 Å². The summed E-state index contributed by atoms with van der Waals surface area (Å²) in [6, 6.07) is 15.0. The van der Waals surface area contributed by atoms with Crippen LogP contribution in [0.5, 0.6) is 0 Å². The van der Waals surface area contributed by atoms with Gasteiger partial charge in [0.25, 0.3) is 0 Å². The highest BCUT2D eigenvalue weighted by Gasteiger charge is 2.40. The van der Waals surface area contributed by atoms with Crippen LogP contribution in [0.3, 0.4) is 0 Å². The second-order valence-electron chi connectivity index (χ2n) is 7.18. The van der Waals surface area contributed by atoms with Crippen LogP contribution in [0.1, 0.15) is 19.3 Å². The number of benzene rings is 2. The van der Waals surface area contributed by atoms with Crippen molar-refractivity contribution in [1.29, 1.82) is 0 Å². The molecule has 0 saturated carbocycles. The van der Waals surface area contributed by atoms with Crippen molar-refractivity contribution in [2.24, 2.45) is 4.99 Å². The zero-order valence-corrected chi connectivity index (χ0v) is 17.1. The Kier molecular flexibility index (Phi) is 6.44. The SMILES string of the molecule is O=C(CC1SC(=Nc2ccccc2)N(CC2CCCO2)C1=O)Nc1ccc(F)cc1. The van der Waals surface area contributed by atoms with Crippen LogP contribution in [0.4, 0.5) is 15.8 Å². The van der Waals surface area contributed by atoms with E-state index in [4.69, 9.17) is 4.74 Å². The molecule has 2 saturated heterocycles. The standard InChI is InChI=1S/C22H22FN3O3S/c23-15-8-10-17(11-9-15)24-20(27)13-19-21(28)26(14-18-7-4-12-29-18)22(30-19)25-16-5-2-1-3-6-16/h1-3,5-6,8-11,18-19H,4,7,12-14H2,(H,24,27). The minimum absolute atomic E-state index is 0.0106. The van der Waals surface area contributed by atoms with Gasteiger partial charge in [-0.05, 0) is 49.2 Å². The van der Waals surface area contributed by atoms with Crippen LogP contribution in [0.25, 0.3) is 0 Å². The van der Waals surface area contributed by atoms with Gasteiger partial charge in [-0.3, -0.25) is 14.5 Å². The molecule has 2 amide bonds. The van der Waals surface area contributed by atoms with E-state index >= 15 is 0 Å². The second kappa shape index (κ2) is 9.40. The number of anilines is 1. The van der Waals surface area contributed by atoms with Crippen LogP contribution >= 0.6 is 11.8 Å². The number of hydrogen-bond acceptors (Lipinski definition) is 5. The predicted molar refractivity (Wildman–Crippen MR) is 115 cm³/mol. The molecule has 2 heterocycles. The molecule has 2 unspecified atom stereocenters. The van der Waals surface area contributed by atoms with E-state index in [1.54, 1.807) is 4.90 Å². The average molecular weight is 428 g/mol. The van der Waals surface area contributed by atoms with E-state index in [0.29, 0.717) is 24.0 Å². The van der Waals surface area contributed by atoms with Crippen LogP contribution in [-0.4, -0.2) is 46.4 Å². The first-order chi connectivity index (χ1) is 14.6. The Balaban J connectivity index is 1.47. The number of para-hydroxylation sites is 1. The van der Waals surface area contributed by atoms with Gasteiger partial charge in [-0.25, -0.2) is 9.38 Å². The fourth-order valence-corrected chi connectivity index (χ4v) is 4.58. The molecule has 1 N–H and O–H groups in total. The summed E-state index contributed by atoms with van der Waals surface area (Å²) < 4.78 is 18.7. The summed E-state index contributed by atoms with van der Waals surface area (Å²) in [5.41, 5.74) is 1.24. The van der Waals surface area contributed by atoms with Crippen molar-refractivity contribution in [1.82, 2.24) is 4.90 Å². The molecule has 2 aromatic rings. The number of carbonyl (C=O) groups excluding carboxylic acids is 2. The molecule has 2 aliphatic heterocycles. The lowest BCUT2D eigenvalue weighted by atomic mass is 10.2. The second-order valence-corrected chi connectivity index (χ2v) is 8.35. The lowest BCUT2D eigenvalue weighted by molar-refractivity contribution is -0.129. The minimum Gasteiger partial charge on any atom is -0.376 e. The number of carbonyl (C=O) groups is 2. The smallest absolute Gasteiger partial charge is 0.242 e. The highest BCUT2D eigenvalue weighted by atomic mass is 32.2. The van der Waals surface area contributed by atoms with Crippen molar-refractivity contribution >= 4 is 40.1 Å². The molecule has 2 atom stereocenters. The number of thioether (sulfide) groups is 1. The predicted octanol–water partition coefficient (Wildman–Crippen LogP) is 3.97. The van der Waals surface area contributed by atoms with Gasteiger partial charge in [0.2, 0.25) is 11.8 Å². The molecule has 2 aromatic carbocycles. The molecule has 30 heavy (non-hydrogen) atoms. The van der Waals surface area contributed by atoms with E-state index in [9.17, 15) is 14.0 Å². The van der Waals surface area contributed by atoms with Crippen molar-refractivity contribution in [2.75, 3.05) is 18.5 Å². The Morgan fingerprint density at radius 3 is 2.67 bits per heavy atom. The molecular weight excluding hydrogens is 405 g/mol. The number of amidine groups is 1. The van der Waals surface area contributed by atoms with Crippen LogP contribution < -0.4 is 5.32 Å². The molecule has 0 aromatic heterocycles. The number of amides is 2. The largest absolute Gasteiger partial charge is 0.376 e. The summed E-state index contributed by atoms with van der Waals surface area (Å²) in [4.78, 5) is 31.8. The molecule has 6 nitrogen and oxygen atoms in total. The summed E-state index contributed by atoms with van der Waals surface area (Å²) in [7, 11) is 0. The molecule has 0 spiro atoms. The average Bonchev–Trinajstić information content (AvgIpc) is 3.35. The van der Waals surface area contributed by atoms with Crippen LogP contribution in [0.2, 0.25) is 0 Å². The van der Waals surface area contributed by atoms with Crippen LogP contribution in [-0.2, 0) is 14.3 Å². The van der Waals surface area contributed by atoms with Gasteiger partial charge in [0.05, 0.1) is 18.3 Å². The quantitative estimate of drug-likeness (QED) is 0.757. The van der Waals surface area contributed by atoms with E-state index in [1.807, 2.05) is 30.3 Å². The van der Waals surface area contributed by atoms with Gasteiger partial charge in [-0.1, -0.05) is 30.0 Å². The Morgan fingerprint density at radius 1 is 1.20 bits per heavy atom. The number of halogens is 1. The number of ether oxygens (including phenoxy) is 1. The highest BCUT2D eigenvalue weighted by Crippen LogP contribution is 2.33. The maximum Gasteiger partial charge on any atom is 0.242 e. The first kappa shape index (κ1) is 20.6. The normalized spacial score (nSPS) is 22.6. The number of rotatable bonds is 6. The van der Waals surface area contributed by atoms with Crippen LogP contribution in [0.15, 0.2) is 59.6 Å². The maximum absolute atomic E-state index is 13.1. The van der Waals surface area contributed by atoms with Crippen molar-refractivity contribution in [2.45, 2.75) is 30.6 Å². The number of hydrogen-bond donors (Lipinski definition) is 1. The molecule has 0 aliphatic carbocycles. The molecule has 2 aliphatic rings. The van der Waals surface area contributed by atoms with Gasteiger partial charge in [0.1, 0.15) is 11.1 Å². The van der Waals surface area contributed by atoms with Crippen molar-refractivity contribution in [3.63, 3.8) is 0 Å². The van der Waals surface area contributed by atoms with Gasteiger partial charge in [0.15, 0.2) is 5.17 Å². The summed E-state index contributed by atoms with van der Waals surface area (Å²) >= 11 is 1.30. The third kappa shape index (κ3) is 5.06. The maximum atomic E-state index is 13.1. The summed E-state index contributed by atoms with van der Waals surface area (Å²) in [5, 5.41) is 2.74. The summed E-state index contributed by atoms with van der Waals surface area (Å²) in [6.45, 7) is 1.14. The number of aliphatic imine (C=N–C) groups is 1. The zero-order chi connectivity index (χ0) is 20.9. The lowest BCUT2D eigenvalue weighted by Gasteiger charge is -2.20. The topological polar surface area (TPSA) is 71.0 Å². The Hall–Kier alpha value is -2.71. The van der Waals surface area contributed by atoms with Gasteiger partial charge >= 0.3 is 0 Å². The van der Waals surface area contributed by atoms with Gasteiger partial charge < -0.3 is 10.1 Å². The molecule has 8 heteroatoms. The molecule has 156 valence electrons. The lowest BCUT2D eigenvalue weighted by Crippen LogP contribution is -2.38. The monoisotopic (exact) mass is 427 g/mol. The first-order valence-electron chi connectivity index (χ1n) is 9.87. The van der Waals surface area contributed by atoms with E-state index in [1.165, 1.54) is 36.0 Å². The van der Waals surface area contributed by atoms with Crippen molar-refractivity contribution in [3.8, 4) is 0 Å². The highest BCUT2D eigenvalue weighted by molar-refractivity contribution is 8.15. The molecule has 0 bridgehead atoms. The summed E-state index contributed by atoms with van der Waals surface area (Å²) in [5.74, 6) is -0.814. The van der Waals surface area contributed by atoms with Crippen molar-refractivity contribution in [3.05, 3.63) is 60.4 Å². The van der Waals surface area contributed by atoms with E-state index in [2.05, 4.69) is 10.3 Å². The molecule has 4 rings (SSSR count). The van der Waals surface area contributed by atoms with Gasteiger partial charge in [0, 0.05) is 18.7 Å². The fraction of sp³-hybridized carbons (Fsp3) is 0.318. The first-order valence-corrected chi connectivity index (χ1v) is 10.8. The van der Waals surface area contributed by atoms with E-state index < -0.39 is 5.25 Å². The number of nitrogens with one attached hydrogen (secondary N) is 1. The summed E-state index contributed by atoms with van der Waals surface area (Å²) in [6.07, 6.45) is 1.89. The third-order valence-electron chi connectivity index (χ3n) is 4.91. The third-order valence-corrected chi connectivity index (χ3v) is 6.09. The Morgan fingerprint density at radius 2 is 1.97 bits per heavy atom. The molecule has 0 radical (unpaired) electrons. The molecular formula is C22H22FN3O3S. The fourth-order valence-electron chi connectivity index (χ4n) is 3.41.